The van der Waals surface area contributed by atoms with Gasteiger partial charge in [-0.25, -0.2) is 4.79 Å². The highest BCUT2D eigenvalue weighted by atomic mass is 16.5. The summed E-state index contributed by atoms with van der Waals surface area (Å²) in [7, 11) is 0. The highest BCUT2D eigenvalue weighted by molar-refractivity contribution is 5.85. The molecule has 0 amide bonds. The molecule has 0 bridgehead atoms. The summed E-state index contributed by atoms with van der Waals surface area (Å²) in [6, 6.07) is 5.57. The van der Waals surface area contributed by atoms with Crippen molar-refractivity contribution in [3.05, 3.63) is 39.7 Å². The number of benzene rings is 1. The number of Topliss-reactive ketones (excluding diaryl/α,β-unsaturated/α-hetero) is 1. The first-order valence-electron chi connectivity index (χ1n) is 8.00. The van der Waals surface area contributed by atoms with Crippen molar-refractivity contribution in [2.75, 3.05) is 0 Å². The van der Waals surface area contributed by atoms with E-state index in [4.69, 9.17) is 9.15 Å². The normalized spacial score (nSPS) is 21.1. The molecule has 4 heteroatoms. The molecule has 0 N–H and O–H groups in total. The molecule has 2 aliphatic carbocycles. The number of aryl methyl sites for hydroxylation is 1. The number of carbonyl (C=O) groups excluding carboxylic acids is 1. The van der Waals surface area contributed by atoms with Gasteiger partial charge in [0.05, 0.1) is 0 Å². The maximum atomic E-state index is 12.0. The molecule has 2 aromatic rings. The zero-order valence-corrected chi connectivity index (χ0v) is 12.4. The van der Waals surface area contributed by atoms with Crippen LogP contribution in [-0.2, 0) is 17.6 Å². The Labute approximate surface area is 128 Å². The maximum Gasteiger partial charge on any atom is 0.339 e. The van der Waals surface area contributed by atoms with Crippen molar-refractivity contribution in [2.45, 2.75) is 51.0 Å². The lowest BCUT2D eigenvalue weighted by molar-refractivity contribution is -0.127. The molecule has 0 saturated heterocycles. The third-order valence-corrected chi connectivity index (χ3v) is 4.72. The van der Waals surface area contributed by atoms with E-state index in [1.165, 1.54) is 0 Å². The van der Waals surface area contributed by atoms with Gasteiger partial charge in [-0.2, -0.15) is 0 Å². The van der Waals surface area contributed by atoms with E-state index < -0.39 is 0 Å². The number of carbonyl (C=O) groups is 1. The minimum Gasteiger partial charge on any atom is -0.483 e. The van der Waals surface area contributed by atoms with Crippen LogP contribution in [0.3, 0.4) is 0 Å². The van der Waals surface area contributed by atoms with Gasteiger partial charge in [-0.1, -0.05) is 0 Å². The van der Waals surface area contributed by atoms with E-state index in [9.17, 15) is 9.59 Å². The Morgan fingerprint density at radius 2 is 1.86 bits per heavy atom. The van der Waals surface area contributed by atoms with Crippen LogP contribution in [0.25, 0.3) is 11.0 Å². The first kappa shape index (κ1) is 13.6. The molecule has 0 unspecified atom stereocenters. The topological polar surface area (TPSA) is 56.5 Å². The van der Waals surface area contributed by atoms with Crippen LogP contribution in [0, 0.1) is 0 Å². The summed E-state index contributed by atoms with van der Waals surface area (Å²) in [5.41, 5.74) is 2.27. The third-order valence-electron chi connectivity index (χ3n) is 4.72. The average Bonchev–Trinajstić information content (AvgIpc) is 3.00. The molecule has 0 aliphatic heterocycles. The molecule has 1 heterocycles. The predicted octanol–water partition coefficient (Wildman–Crippen LogP) is 3.17. The molecule has 1 saturated carbocycles. The van der Waals surface area contributed by atoms with Gasteiger partial charge in [-0.05, 0) is 56.2 Å². The fraction of sp³-hybridized carbons (Fsp3) is 0.444. The fourth-order valence-corrected chi connectivity index (χ4v) is 3.58. The second kappa shape index (κ2) is 5.27. The molecule has 0 radical (unpaired) electrons. The van der Waals surface area contributed by atoms with E-state index in [1.807, 2.05) is 12.1 Å². The molecular weight excluding hydrogens is 280 g/mol. The van der Waals surface area contributed by atoms with Crippen LogP contribution >= 0.6 is 0 Å². The lowest BCUT2D eigenvalue weighted by Crippen LogP contribution is -2.30. The Morgan fingerprint density at radius 3 is 2.73 bits per heavy atom. The number of ether oxygens (including phenoxy) is 1. The Morgan fingerprint density at radius 1 is 1.00 bits per heavy atom. The highest BCUT2D eigenvalue weighted by Crippen LogP contribution is 2.30. The summed E-state index contributed by atoms with van der Waals surface area (Å²) in [6.45, 7) is 0. The molecule has 1 atom stereocenters. The Kier molecular flexibility index (Phi) is 3.25. The van der Waals surface area contributed by atoms with Gasteiger partial charge < -0.3 is 9.15 Å². The van der Waals surface area contributed by atoms with E-state index in [2.05, 4.69) is 0 Å². The van der Waals surface area contributed by atoms with Crippen molar-refractivity contribution in [1.29, 1.82) is 0 Å². The minimum absolute atomic E-state index is 0.168. The summed E-state index contributed by atoms with van der Waals surface area (Å²) in [6.07, 6.45) is 5.73. The summed E-state index contributed by atoms with van der Waals surface area (Å²) in [4.78, 5) is 23.9. The van der Waals surface area contributed by atoms with E-state index in [1.54, 1.807) is 6.07 Å². The monoisotopic (exact) mass is 298 g/mol. The van der Waals surface area contributed by atoms with Gasteiger partial charge in [-0.3, -0.25) is 4.79 Å². The van der Waals surface area contributed by atoms with Crippen LogP contribution in [0.4, 0.5) is 0 Å². The smallest absolute Gasteiger partial charge is 0.339 e. The predicted molar refractivity (Wildman–Crippen MR) is 82.4 cm³/mol. The maximum absolute atomic E-state index is 12.0. The number of hydrogen-bond donors (Lipinski definition) is 0. The van der Waals surface area contributed by atoms with Gasteiger partial charge in [0.15, 0.2) is 11.9 Å². The number of hydrogen-bond acceptors (Lipinski definition) is 4. The molecule has 1 fully saturated rings. The molecular formula is C18H18O4. The second-order valence-corrected chi connectivity index (χ2v) is 6.18. The van der Waals surface area contributed by atoms with Crippen LogP contribution < -0.4 is 10.4 Å². The number of rotatable bonds is 2. The zero-order chi connectivity index (χ0) is 15.1. The Hall–Kier alpha value is -2.10. The van der Waals surface area contributed by atoms with Gasteiger partial charge in [-0.15, -0.1) is 0 Å². The minimum atomic E-state index is -0.354. The largest absolute Gasteiger partial charge is 0.483 e. The van der Waals surface area contributed by atoms with E-state index >= 15 is 0 Å². The lowest BCUT2D eigenvalue weighted by atomic mass is 9.96. The molecule has 2 aliphatic rings. The van der Waals surface area contributed by atoms with Crippen LogP contribution in [0.15, 0.2) is 27.4 Å². The highest BCUT2D eigenvalue weighted by Gasteiger charge is 2.24. The standard InChI is InChI=1S/C18H18O4/c19-15-6-1-2-7-16(15)21-11-8-9-13-12-4-3-5-14(12)18(20)22-17(13)10-11/h8-10,16H,1-7H2/t16-/m1/s1. The molecule has 0 spiro atoms. The summed E-state index contributed by atoms with van der Waals surface area (Å²) in [5, 5.41) is 0.995. The first-order chi connectivity index (χ1) is 10.7. The van der Waals surface area contributed by atoms with E-state index in [-0.39, 0.29) is 17.5 Å². The van der Waals surface area contributed by atoms with Crippen molar-refractivity contribution in [1.82, 2.24) is 0 Å². The summed E-state index contributed by atoms with van der Waals surface area (Å²) < 4.78 is 11.3. The van der Waals surface area contributed by atoms with Crippen LogP contribution in [0.1, 0.15) is 43.2 Å². The van der Waals surface area contributed by atoms with Crippen LogP contribution in [0.5, 0.6) is 5.75 Å². The third kappa shape index (κ3) is 2.23. The second-order valence-electron chi connectivity index (χ2n) is 6.18. The van der Waals surface area contributed by atoms with E-state index in [0.29, 0.717) is 17.8 Å². The summed E-state index contributed by atoms with van der Waals surface area (Å²) >= 11 is 0. The zero-order valence-electron chi connectivity index (χ0n) is 12.4. The quantitative estimate of drug-likeness (QED) is 0.799. The molecule has 1 aromatic carbocycles. The van der Waals surface area contributed by atoms with Crippen molar-refractivity contribution < 1.29 is 13.9 Å². The average molecular weight is 298 g/mol. The fourth-order valence-electron chi connectivity index (χ4n) is 3.58. The van der Waals surface area contributed by atoms with Crippen molar-refractivity contribution >= 4 is 16.8 Å². The Bertz CT molecular complexity index is 803. The molecule has 22 heavy (non-hydrogen) atoms. The number of fused-ring (bicyclic) bond motifs is 3. The van der Waals surface area contributed by atoms with Gasteiger partial charge in [0, 0.05) is 23.4 Å². The van der Waals surface area contributed by atoms with Gasteiger partial charge in [0.1, 0.15) is 11.3 Å². The van der Waals surface area contributed by atoms with Crippen molar-refractivity contribution in [3.8, 4) is 5.75 Å². The molecule has 4 rings (SSSR count). The Balaban J connectivity index is 1.70. The number of ketones is 1. The van der Waals surface area contributed by atoms with Crippen molar-refractivity contribution in [2.24, 2.45) is 0 Å². The van der Waals surface area contributed by atoms with Crippen LogP contribution in [0.2, 0.25) is 0 Å². The molecule has 4 nitrogen and oxygen atoms in total. The van der Waals surface area contributed by atoms with Crippen LogP contribution in [-0.4, -0.2) is 11.9 Å². The first-order valence-corrected chi connectivity index (χ1v) is 8.00. The molecule has 1 aromatic heterocycles. The van der Waals surface area contributed by atoms with Gasteiger partial charge in [0.25, 0.3) is 0 Å². The van der Waals surface area contributed by atoms with E-state index in [0.717, 1.165) is 55.0 Å². The molecule has 114 valence electrons. The summed E-state index contributed by atoms with van der Waals surface area (Å²) in [5.74, 6) is 0.774. The lowest BCUT2D eigenvalue weighted by Gasteiger charge is -2.21. The van der Waals surface area contributed by atoms with Gasteiger partial charge in [0.2, 0.25) is 0 Å². The SMILES string of the molecule is O=C1CCCC[C@H]1Oc1ccc2c3c(c(=O)oc2c1)CCC3. The van der Waals surface area contributed by atoms with Crippen molar-refractivity contribution in [3.63, 3.8) is 0 Å². The van der Waals surface area contributed by atoms with Gasteiger partial charge >= 0.3 is 5.63 Å².